The van der Waals surface area contributed by atoms with Crippen LogP contribution in [0.3, 0.4) is 0 Å². The zero-order valence-electron chi connectivity index (χ0n) is 9.42. The fourth-order valence-corrected chi connectivity index (χ4v) is 1.44. The molecule has 2 rings (SSSR count). The molecule has 0 radical (unpaired) electrons. The third-order valence-electron chi connectivity index (χ3n) is 2.30. The van der Waals surface area contributed by atoms with Crippen molar-refractivity contribution in [2.75, 3.05) is 0 Å². The van der Waals surface area contributed by atoms with E-state index < -0.39 is 5.97 Å². The summed E-state index contributed by atoms with van der Waals surface area (Å²) in [4.78, 5) is 24.6. The lowest BCUT2D eigenvalue weighted by molar-refractivity contribution is -0.137. The molecule has 0 atom stereocenters. The van der Waals surface area contributed by atoms with Crippen molar-refractivity contribution in [1.29, 1.82) is 0 Å². The predicted molar refractivity (Wildman–Crippen MR) is 60.9 cm³/mol. The van der Waals surface area contributed by atoms with Crippen molar-refractivity contribution in [3.8, 4) is 11.5 Å². The third kappa shape index (κ3) is 2.82. The van der Waals surface area contributed by atoms with Crippen molar-refractivity contribution in [2.24, 2.45) is 0 Å². The van der Waals surface area contributed by atoms with E-state index in [1.165, 1.54) is 18.5 Å². The Morgan fingerprint density at radius 1 is 1.44 bits per heavy atom. The second kappa shape index (κ2) is 5.26. The second-order valence-corrected chi connectivity index (χ2v) is 3.67. The quantitative estimate of drug-likeness (QED) is 0.812. The van der Waals surface area contributed by atoms with Gasteiger partial charge in [-0.1, -0.05) is 0 Å². The number of carbonyl (C=O) groups is 1. The van der Waals surface area contributed by atoms with E-state index in [1.54, 1.807) is 0 Å². The van der Waals surface area contributed by atoms with E-state index in [2.05, 4.69) is 15.2 Å². The number of nitrogens with zero attached hydrogens (tertiary/aromatic N) is 2. The molecular weight excluding hydrogens is 238 g/mol. The minimum atomic E-state index is -0.866. The Balaban J connectivity index is 2.09. The Kier molecular flexibility index (Phi) is 3.52. The normalized spacial score (nSPS) is 10.4. The van der Waals surface area contributed by atoms with Crippen molar-refractivity contribution < 1.29 is 14.3 Å². The van der Waals surface area contributed by atoms with E-state index in [1.807, 2.05) is 0 Å². The molecular formula is C11H11N3O4. The van der Waals surface area contributed by atoms with Gasteiger partial charge in [0.2, 0.25) is 5.89 Å². The van der Waals surface area contributed by atoms with Gasteiger partial charge in [0.1, 0.15) is 5.56 Å². The van der Waals surface area contributed by atoms with Crippen LogP contribution in [0.15, 0.2) is 27.7 Å². The molecule has 0 saturated heterocycles. The van der Waals surface area contributed by atoms with E-state index in [9.17, 15) is 9.59 Å². The molecule has 0 spiro atoms. The van der Waals surface area contributed by atoms with Gasteiger partial charge in [0.25, 0.3) is 5.89 Å². The third-order valence-corrected chi connectivity index (χ3v) is 2.30. The number of aryl methyl sites for hydroxylation is 1. The average Bonchev–Trinajstić information content (AvgIpc) is 2.78. The molecule has 0 aliphatic heterocycles. The maximum atomic E-state index is 11.5. The molecule has 2 aromatic heterocycles. The molecule has 0 unspecified atom stereocenters. The number of nitrogens with one attached hydrogen (secondary N) is 1. The van der Waals surface area contributed by atoms with Crippen LogP contribution in [0.25, 0.3) is 11.5 Å². The summed E-state index contributed by atoms with van der Waals surface area (Å²) in [6.07, 6.45) is 3.84. The monoisotopic (exact) mass is 249 g/mol. The summed E-state index contributed by atoms with van der Waals surface area (Å²) < 4.78 is 5.30. The number of rotatable bonds is 5. The Labute approximate surface area is 101 Å². The number of carboxylic acid groups (broad SMARTS) is 1. The lowest BCUT2D eigenvalue weighted by atomic mass is 10.2. The zero-order chi connectivity index (χ0) is 13.0. The Morgan fingerprint density at radius 3 is 3.00 bits per heavy atom. The molecule has 2 aromatic rings. The molecule has 0 bridgehead atoms. The van der Waals surface area contributed by atoms with Crippen LogP contribution in [0.1, 0.15) is 18.7 Å². The fourth-order valence-electron chi connectivity index (χ4n) is 1.44. The summed E-state index contributed by atoms with van der Waals surface area (Å²) in [5, 5.41) is 16.0. The van der Waals surface area contributed by atoms with E-state index >= 15 is 0 Å². The first-order chi connectivity index (χ1) is 8.66. The van der Waals surface area contributed by atoms with Gasteiger partial charge in [0.05, 0.1) is 0 Å². The Hall–Kier alpha value is -2.44. The molecule has 0 aliphatic rings. The van der Waals surface area contributed by atoms with Crippen LogP contribution in [-0.2, 0) is 11.2 Å². The van der Waals surface area contributed by atoms with Crippen molar-refractivity contribution in [2.45, 2.75) is 19.3 Å². The summed E-state index contributed by atoms with van der Waals surface area (Å²) in [6, 6.07) is 1.36. The minimum Gasteiger partial charge on any atom is -0.481 e. The van der Waals surface area contributed by atoms with Crippen LogP contribution in [0.5, 0.6) is 0 Å². The van der Waals surface area contributed by atoms with Crippen LogP contribution in [0.4, 0.5) is 0 Å². The summed E-state index contributed by atoms with van der Waals surface area (Å²) in [7, 11) is 0. The van der Waals surface area contributed by atoms with Gasteiger partial charge in [-0.3, -0.25) is 9.59 Å². The highest BCUT2D eigenvalue weighted by Gasteiger charge is 2.11. The van der Waals surface area contributed by atoms with Gasteiger partial charge in [0.15, 0.2) is 5.43 Å². The number of aromatic nitrogens is 3. The summed E-state index contributed by atoms with van der Waals surface area (Å²) in [6.45, 7) is 0. The van der Waals surface area contributed by atoms with E-state index in [0.29, 0.717) is 24.3 Å². The second-order valence-electron chi connectivity index (χ2n) is 3.67. The van der Waals surface area contributed by atoms with Crippen LogP contribution >= 0.6 is 0 Å². The number of hydrogen-bond acceptors (Lipinski definition) is 5. The molecule has 18 heavy (non-hydrogen) atoms. The summed E-state index contributed by atoms with van der Waals surface area (Å²) >= 11 is 0. The molecule has 0 aliphatic carbocycles. The highest BCUT2D eigenvalue weighted by Crippen LogP contribution is 2.13. The van der Waals surface area contributed by atoms with Gasteiger partial charge in [-0.05, 0) is 6.42 Å². The minimum absolute atomic E-state index is 0.0453. The topological polar surface area (TPSA) is 109 Å². The SMILES string of the molecule is O=C(O)CCCc1nnc(-c2c[nH]ccc2=O)o1. The molecule has 2 heterocycles. The lowest BCUT2D eigenvalue weighted by Crippen LogP contribution is -2.02. The Morgan fingerprint density at radius 2 is 2.28 bits per heavy atom. The van der Waals surface area contributed by atoms with Gasteiger partial charge in [-0.25, -0.2) is 0 Å². The summed E-state index contributed by atoms with van der Waals surface area (Å²) in [5.41, 5.74) is 0.0870. The fraction of sp³-hybridized carbons (Fsp3) is 0.273. The number of pyridine rings is 1. The van der Waals surface area contributed by atoms with Gasteiger partial charge in [0, 0.05) is 31.3 Å². The predicted octanol–water partition coefficient (Wildman–Crippen LogP) is 0.832. The number of aromatic amines is 1. The van der Waals surface area contributed by atoms with Crippen LogP contribution in [0, 0.1) is 0 Å². The number of hydrogen-bond donors (Lipinski definition) is 2. The van der Waals surface area contributed by atoms with Crippen molar-refractivity contribution >= 4 is 5.97 Å². The summed E-state index contributed by atoms with van der Waals surface area (Å²) in [5.74, 6) is -0.397. The Bertz CT molecular complexity index is 602. The van der Waals surface area contributed by atoms with Gasteiger partial charge >= 0.3 is 5.97 Å². The molecule has 2 N–H and O–H groups in total. The zero-order valence-corrected chi connectivity index (χ0v) is 9.42. The van der Waals surface area contributed by atoms with Gasteiger partial charge in [-0.15, -0.1) is 10.2 Å². The van der Waals surface area contributed by atoms with Crippen LogP contribution < -0.4 is 5.43 Å². The maximum Gasteiger partial charge on any atom is 0.303 e. The molecule has 7 nitrogen and oxygen atoms in total. The van der Waals surface area contributed by atoms with Crippen LogP contribution in [-0.4, -0.2) is 26.3 Å². The van der Waals surface area contributed by atoms with Crippen LogP contribution in [0.2, 0.25) is 0 Å². The highest BCUT2D eigenvalue weighted by atomic mass is 16.4. The largest absolute Gasteiger partial charge is 0.481 e. The van der Waals surface area contributed by atoms with Crippen molar-refractivity contribution in [3.63, 3.8) is 0 Å². The molecule has 94 valence electrons. The molecule has 0 amide bonds. The first kappa shape index (κ1) is 12.0. The standard InChI is InChI=1S/C11H11N3O4/c15-8-4-5-12-6-7(8)11-14-13-9(18-11)2-1-3-10(16)17/h4-6H,1-3H2,(H,12,15)(H,16,17). The first-order valence-electron chi connectivity index (χ1n) is 5.38. The first-order valence-corrected chi connectivity index (χ1v) is 5.38. The highest BCUT2D eigenvalue weighted by molar-refractivity contribution is 5.66. The molecule has 0 fully saturated rings. The van der Waals surface area contributed by atoms with E-state index in [-0.39, 0.29) is 17.7 Å². The maximum absolute atomic E-state index is 11.5. The van der Waals surface area contributed by atoms with Gasteiger partial charge < -0.3 is 14.5 Å². The smallest absolute Gasteiger partial charge is 0.303 e. The lowest BCUT2D eigenvalue weighted by Gasteiger charge is -1.93. The molecule has 7 heteroatoms. The average molecular weight is 249 g/mol. The van der Waals surface area contributed by atoms with Crippen molar-refractivity contribution in [3.05, 3.63) is 34.6 Å². The number of aliphatic carboxylic acids is 1. The van der Waals surface area contributed by atoms with E-state index in [4.69, 9.17) is 9.52 Å². The van der Waals surface area contributed by atoms with Gasteiger partial charge in [-0.2, -0.15) is 0 Å². The van der Waals surface area contributed by atoms with Crippen molar-refractivity contribution in [1.82, 2.24) is 15.2 Å². The number of carboxylic acids is 1. The molecule has 0 aromatic carbocycles. The number of H-pyrrole nitrogens is 1. The molecule has 0 saturated carbocycles. The van der Waals surface area contributed by atoms with E-state index in [0.717, 1.165) is 0 Å².